The molecule has 22 heavy (non-hydrogen) atoms. The number of nitrogens with one attached hydrogen (secondary N) is 1. The van der Waals surface area contributed by atoms with E-state index >= 15 is 0 Å². The smallest absolute Gasteiger partial charge is 0.121 e. The van der Waals surface area contributed by atoms with Crippen molar-refractivity contribution in [2.24, 2.45) is 0 Å². The summed E-state index contributed by atoms with van der Waals surface area (Å²) in [6, 6.07) is 16.8. The maximum Gasteiger partial charge on any atom is 0.121 e. The molecule has 0 radical (unpaired) electrons. The molecule has 3 aromatic rings. The van der Waals surface area contributed by atoms with Crippen molar-refractivity contribution >= 4 is 5.69 Å². The maximum atomic E-state index is 4.50. The highest BCUT2D eigenvalue weighted by Gasteiger charge is 2.22. The minimum atomic E-state index is 0.799. The number of fused-ring (bicyclic) bond motifs is 5. The molecule has 0 amide bonds. The molecule has 0 bridgehead atoms. The summed E-state index contributed by atoms with van der Waals surface area (Å²) in [6.07, 6.45) is 1.03. The Bertz CT molecular complexity index is 819. The fraction of sp³-hybridized carbons (Fsp3) is 0.222. The van der Waals surface area contributed by atoms with E-state index < -0.39 is 0 Å². The molecule has 1 N–H and O–H groups in total. The van der Waals surface area contributed by atoms with E-state index in [1.807, 2.05) is 4.68 Å². The number of aryl methyl sites for hydroxylation is 1. The molecule has 0 aliphatic carbocycles. The monoisotopic (exact) mass is 290 g/mol. The van der Waals surface area contributed by atoms with Gasteiger partial charge in [-0.25, -0.2) is 4.68 Å². The van der Waals surface area contributed by atoms with Gasteiger partial charge in [0.25, 0.3) is 0 Å². The van der Waals surface area contributed by atoms with E-state index in [1.54, 1.807) is 0 Å². The van der Waals surface area contributed by atoms with Gasteiger partial charge in [0.1, 0.15) is 5.69 Å². The third-order valence-electron chi connectivity index (χ3n) is 4.09. The Kier molecular flexibility index (Phi) is 3.15. The van der Waals surface area contributed by atoms with Crippen LogP contribution in [0.15, 0.2) is 48.5 Å². The van der Waals surface area contributed by atoms with Crippen molar-refractivity contribution in [2.45, 2.75) is 26.4 Å². The van der Waals surface area contributed by atoms with Crippen LogP contribution in [0.5, 0.6) is 0 Å². The highest BCUT2D eigenvalue weighted by molar-refractivity contribution is 5.87. The van der Waals surface area contributed by atoms with Gasteiger partial charge < -0.3 is 5.32 Å². The molecular formula is C18H18N4. The molecule has 4 heteroatoms. The van der Waals surface area contributed by atoms with Crippen molar-refractivity contribution in [1.82, 2.24) is 15.0 Å². The highest BCUT2D eigenvalue weighted by atomic mass is 15.4. The van der Waals surface area contributed by atoms with E-state index in [-0.39, 0.29) is 0 Å². The minimum Gasteiger partial charge on any atom is -0.380 e. The van der Waals surface area contributed by atoms with Gasteiger partial charge in [0.2, 0.25) is 0 Å². The number of para-hydroxylation sites is 1. The lowest BCUT2D eigenvalue weighted by atomic mass is 9.97. The Morgan fingerprint density at radius 1 is 1.05 bits per heavy atom. The number of hydrogen-bond acceptors (Lipinski definition) is 3. The number of anilines is 1. The zero-order valence-corrected chi connectivity index (χ0v) is 12.6. The first-order valence-corrected chi connectivity index (χ1v) is 7.73. The summed E-state index contributed by atoms with van der Waals surface area (Å²) in [5.74, 6) is 0. The molecule has 0 atom stereocenters. The second-order valence-corrected chi connectivity index (χ2v) is 5.57. The lowest BCUT2D eigenvalue weighted by Crippen LogP contribution is -2.08. The van der Waals surface area contributed by atoms with E-state index in [1.165, 1.54) is 16.7 Å². The summed E-state index contributed by atoms with van der Waals surface area (Å²) in [5.41, 5.74) is 6.82. The molecule has 110 valence electrons. The third-order valence-corrected chi connectivity index (χ3v) is 4.09. The SMILES string of the molecule is CCCn1nnc2c1-c1ccccc1NCc1ccccc1-2. The van der Waals surface area contributed by atoms with Crippen molar-refractivity contribution in [3.63, 3.8) is 0 Å². The lowest BCUT2D eigenvalue weighted by molar-refractivity contribution is 0.584. The molecule has 4 rings (SSSR count). The van der Waals surface area contributed by atoms with Crippen LogP contribution in [0.1, 0.15) is 18.9 Å². The summed E-state index contributed by atoms with van der Waals surface area (Å²) in [6.45, 7) is 3.83. The van der Waals surface area contributed by atoms with Crippen molar-refractivity contribution in [1.29, 1.82) is 0 Å². The summed E-state index contributed by atoms with van der Waals surface area (Å²) in [5, 5.41) is 12.5. The third kappa shape index (κ3) is 1.99. The standard InChI is InChI=1S/C18H18N4/c1-2-11-22-18-15-9-5-6-10-16(15)19-12-13-7-3-4-8-14(13)17(18)20-21-22/h3-10,19H,2,11-12H2,1H3. The van der Waals surface area contributed by atoms with Gasteiger partial charge in [0.05, 0.1) is 5.69 Å². The summed E-state index contributed by atoms with van der Waals surface area (Å²) in [4.78, 5) is 0. The van der Waals surface area contributed by atoms with Gasteiger partial charge in [-0.15, -0.1) is 5.10 Å². The number of benzene rings is 2. The summed E-state index contributed by atoms with van der Waals surface area (Å²) < 4.78 is 2.03. The molecule has 0 unspecified atom stereocenters. The molecule has 2 heterocycles. The van der Waals surface area contributed by atoms with Gasteiger partial charge in [0.15, 0.2) is 0 Å². The van der Waals surface area contributed by atoms with Crippen LogP contribution in [0, 0.1) is 0 Å². The minimum absolute atomic E-state index is 0.799. The lowest BCUT2D eigenvalue weighted by Gasteiger charge is -2.19. The van der Waals surface area contributed by atoms with E-state index in [0.717, 1.165) is 36.6 Å². The van der Waals surface area contributed by atoms with Crippen LogP contribution in [0.25, 0.3) is 22.5 Å². The van der Waals surface area contributed by atoms with Gasteiger partial charge in [0, 0.05) is 29.9 Å². The van der Waals surface area contributed by atoms with Gasteiger partial charge >= 0.3 is 0 Å². The van der Waals surface area contributed by atoms with Crippen LogP contribution >= 0.6 is 0 Å². The molecule has 4 nitrogen and oxygen atoms in total. The quantitative estimate of drug-likeness (QED) is 0.777. The zero-order chi connectivity index (χ0) is 14.9. The van der Waals surface area contributed by atoms with Crippen molar-refractivity contribution in [3.05, 3.63) is 54.1 Å². The largest absolute Gasteiger partial charge is 0.380 e. The topological polar surface area (TPSA) is 42.7 Å². The van der Waals surface area contributed by atoms with E-state index in [0.29, 0.717) is 0 Å². The van der Waals surface area contributed by atoms with Gasteiger partial charge in [-0.05, 0) is 18.1 Å². The highest BCUT2D eigenvalue weighted by Crippen LogP contribution is 2.38. The fourth-order valence-electron chi connectivity index (χ4n) is 3.07. The van der Waals surface area contributed by atoms with Crippen LogP contribution in [0.4, 0.5) is 5.69 Å². The number of hydrogen-bond donors (Lipinski definition) is 1. The second-order valence-electron chi connectivity index (χ2n) is 5.57. The maximum absolute atomic E-state index is 4.50. The molecule has 0 saturated heterocycles. The fourth-order valence-corrected chi connectivity index (χ4v) is 3.07. The molecule has 2 aromatic carbocycles. The summed E-state index contributed by atoms with van der Waals surface area (Å²) >= 11 is 0. The molecule has 0 spiro atoms. The van der Waals surface area contributed by atoms with Crippen molar-refractivity contribution in [3.8, 4) is 22.5 Å². The molecule has 1 aliphatic rings. The predicted octanol–water partition coefficient (Wildman–Crippen LogP) is 3.95. The average molecular weight is 290 g/mol. The zero-order valence-electron chi connectivity index (χ0n) is 12.6. The molecule has 1 aromatic heterocycles. The van der Waals surface area contributed by atoms with Crippen LogP contribution in [-0.4, -0.2) is 15.0 Å². The van der Waals surface area contributed by atoms with Crippen molar-refractivity contribution in [2.75, 3.05) is 5.32 Å². The van der Waals surface area contributed by atoms with Crippen LogP contribution < -0.4 is 5.32 Å². The first-order chi connectivity index (χ1) is 10.9. The van der Waals surface area contributed by atoms with Crippen LogP contribution in [0.2, 0.25) is 0 Å². The number of aromatic nitrogens is 3. The Morgan fingerprint density at radius 2 is 1.82 bits per heavy atom. The van der Waals surface area contributed by atoms with E-state index in [2.05, 4.69) is 71.1 Å². The molecule has 0 fully saturated rings. The average Bonchev–Trinajstić information content (AvgIpc) is 2.95. The van der Waals surface area contributed by atoms with Crippen LogP contribution in [-0.2, 0) is 13.1 Å². The second kappa shape index (κ2) is 5.30. The Hall–Kier alpha value is -2.62. The molecular weight excluding hydrogens is 272 g/mol. The van der Waals surface area contributed by atoms with Crippen molar-refractivity contribution < 1.29 is 0 Å². The Balaban J connectivity index is 2.03. The van der Waals surface area contributed by atoms with Gasteiger partial charge in [-0.1, -0.05) is 54.6 Å². The Labute approximate surface area is 129 Å². The Morgan fingerprint density at radius 3 is 2.68 bits per heavy atom. The molecule has 0 saturated carbocycles. The number of nitrogens with zero attached hydrogens (tertiary/aromatic N) is 3. The van der Waals surface area contributed by atoms with Crippen LogP contribution in [0.3, 0.4) is 0 Å². The first kappa shape index (κ1) is 13.1. The van der Waals surface area contributed by atoms with E-state index in [4.69, 9.17) is 0 Å². The number of rotatable bonds is 2. The van der Waals surface area contributed by atoms with Gasteiger partial charge in [-0.2, -0.15) is 0 Å². The van der Waals surface area contributed by atoms with Gasteiger partial charge in [-0.3, -0.25) is 0 Å². The van der Waals surface area contributed by atoms with E-state index in [9.17, 15) is 0 Å². The predicted molar refractivity (Wildman–Crippen MR) is 88.5 cm³/mol. The first-order valence-electron chi connectivity index (χ1n) is 7.73. The normalized spacial score (nSPS) is 12.4. The summed E-state index contributed by atoms with van der Waals surface area (Å²) in [7, 11) is 0. The molecule has 1 aliphatic heterocycles.